The first kappa shape index (κ1) is 25.8. The fourth-order valence-corrected chi connectivity index (χ4v) is 4.22. The summed E-state index contributed by atoms with van der Waals surface area (Å²) in [4.78, 5) is 0. The molecule has 0 atom stereocenters. The van der Waals surface area contributed by atoms with Crippen LogP contribution in [0.15, 0.2) is 42.5 Å². The molecule has 0 saturated heterocycles. The van der Waals surface area contributed by atoms with Gasteiger partial charge in [-0.25, -0.2) is 0 Å². The average molecular weight is 581 g/mol. The Hall–Kier alpha value is -1.44. The normalized spacial score (nSPS) is 11.1. The Balaban J connectivity index is 0.000000262. The molecule has 0 N–H and O–H groups in total. The minimum Gasteiger partial charge on any atom is -0.454 e. The first-order valence-corrected chi connectivity index (χ1v) is 11.2. The van der Waals surface area contributed by atoms with Crippen LogP contribution in [-0.4, -0.2) is 0 Å². The van der Waals surface area contributed by atoms with Crippen molar-refractivity contribution in [1.82, 2.24) is 0 Å². The molecule has 0 aliphatic heterocycles. The molecule has 0 amide bonds. The quantitative estimate of drug-likeness (QED) is 0.274. The molecule has 0 aliphatic rings. The number of hydrogen-bond donors (Lipinski definition) is 0. The van der Waals surface area contributed by atoms with Crippen LogP contribution in [0.3, 0.4) is 0 Å². The fraction of sp³-hybridized carbons (Fsp3) is 0.250. The van der Waals surface area contributed by atoms with Gasteiger partial charge in [0.05, 0.1) is 15.6 Å². The molecule has 3 aromatic carbocycles. The van der Waals surface area contributed by atoms with E-state index in [1.807, 2.05) is 13.0 Å². The number of ether oxygens (including phenoxy) is 1. The van der Waals surface area contributed by atoms with Crippen LogP contribution in [0.4, 0.5) is 13.2 Å². The number of rotatable bonds is 2. The Bertz CT molecular complexity index is 1050. The third kappa shape index (κ3) is 6.77. The molecule has 3 aromatic rings. The lowest BCUT2D eigenvalue weighted by molar-refractivity contribution is -0.137. The third-order valence-electron chi connectivity index (χ3n) is 4.95. The second kappa shape index (κ2) is 10.5. The maximum atomic E-state index is 12.6. The van der Waals surface area contributed by atoms with Gasteiger partial charge in [-0.05, 0) is 115 Å². The van der Waals surface area contributed by atoms with E-state index in [1.165, 1.54) is 25.8 Å². The predicted molar refractivity (Wildman–Crippen MR) is 131 cm³/mol. The van der Waals surface area contributed by atoms with E-state index < -0.39 is 11.7 Å². The number of aryl methyl sites for hydroxylation is 2. The maximum absolute atomic E-state index is 12.6. The summed E-state index contributed by atoms with van der Waals surface area (Å²) in [5.41, 5.74) is 5.73. The van der Waals surface area contributed by atoms with Crippen LogP contribution < -0.4 is 4.74 Å². The summed E-state index contributed by atoms with van der Waals surface area (Å²) < 4.78 is 44.6. The molecule has 0 aromatic heterocycles. The van der Waals surface area contributed by atoms with Crippen molar-refractivity contribution in [3.63, 3.8) is 0 Å². The molecule has 0 bridgehead atoms. The van der Waals surface area contributed by atoms with Crippen LogP contribution in [0.1, 0.15) is 33.4 Å². The van der Waals surface area contributed by atoms with E-state index in [2.05, 4.69) is 56.4 Å². The first-order chi connectivity index (χ1) is 14.3. The minimum absolute atomic E-state index is 0.00642. The van der Waals surface area contributed by atoms with Crippen LogP contribution in [0.5, 0.6) is 11.5 Å². The number of benzene rings is 3. The summed E-state index contributed by atoms with van der Waals surface area (Å²) >= 11 is 14.0. The molecule has 166 valence electrons. The van der Waals surface area contributed by atoms with Gasteiger partial charge in [0, 0.05) is 3.57 Å². The van der Waals surface area contributed by atoms with E-state index in [0.29, 0.717) is 5.75 Å². The maximum Gasteiger partial charge on any atom is 0.416 e. The van der Waals surface area contributed by atoms with E-state index in [-0.39, 0.29) is 15.8 Å². The number of hydrogen-bond acceptors (Lipinski definition) is 1. The van der Waals surface area contributed by atoms with Gasteiger partial charge in [-0.2, -0.15) is 13.2 Å². The molecule has 1 nitrogen and oxygen atoms in total. The molecule has 0 saturated carbocycles. The van der Waals surface area contributed by atoms with Crippen LogP contribution in [0.2, 0.25) is 10.0 Å². The van der Waals surface area contributed by atoms with Gasteiger partial charge in [-0.15, -0.1) is 0 Å². The molecule has 3 rings (SSSR count). The minimum atomic E-state index is -4.50. The topological polar surface area (TPSA) is 9.23 Å². The highest BCUT2D eigenvalue weighted by atomic mass is 127. The van der Waals surface area contributed by atoms with E-state index in [1.54, 1.807) is 18.2 Å². The molecule has 0 heterocycles. The lowest BCUT2D eigenvalue weighted by Crippen LogP contribution is -2.05. The van der Waals surface area contributed by atoms with Gasteiger partial charge < -0.3 is 4.74 Å². The molecule has 0 unspecified atom stereocenters. The largest absolute Gasteiger partial charge is 0.454 e. The monoisotopic (exact) mass is 580 g/mol. The van der Waals surface area contributed by atoms with Gasteiger partial charge in [0.1, 0.15) is 5.75 Å². The smallest absolute Gasteiger partial charge is 0.416 e. The standard InChI is InChI=1S/C14H9Cl2F3O.C10H13I/c1-8-3-2-4-10(5-8)20-13-11(15)6-9(7-12(13)16)14(17,18)19;1-6-5-10(11)9(4)8(3)7(6)2/h2-7H,1H3;5H,1-4H3. The van der Waals surface area contributed by atoms with Crippen molar-refractivity contribution in [3.8, 4) is 11.5 Å². The lowest BCUT2D eigenvalue weighted by Gasteiger charge is -2.13. The van der Waals surface area contributed by atoms with Crippen molar-refractivity contribution in [1.29, 1.82) is 0 Å². The molecular formula is C24H22Cl2F3IO. The van der Waals surface area contributed by atoms with Crippen LogP contribution in [-0.2, 0) is 6.18 Å². The SMILES string of the molecule is Cc1cc(I)c(C)c(C)c1C.Cc1cccc(Oc2c(Cl)cc(C(F)(F)F)cc2Cl)c1. The van der Waals surface area contributed by atoms with Crippen molar-refractivity contribution in [2.45, 2.75) is 40.8 Å². The van der Waals surface area contributed by atoms with E-state index in [9.17, 15) is 13.2 Å². The van der Waals surface area contributed by atoms with Crippen molar-refractivity contribution in [3.05, 3.63) is 89.5 Å². The zero-order valence-corrected chi connectivity index (χ0v) is 21.4. The van der Waals surface area contributed by atoms with E-state index in [4.69, 9.17) is 27.9 Å². The fourth-order valence-electron chi connectivity index (χ4n) is 2.78. The van der Waals surface area contributed by atoms with Crippen molar-refractivity contribution in [2.75, 3.05) is 0 Å². The van der Waals surface area contributed by atoms with Gasteiger partial charge in [-0.3, -0.25) is 0 Å². The number of alkyl halides is 3. The summed E-state index contributed by atoms with van der Waals surface area (Å²) in [5.74, 6) is 0.459. The zero-order chi connectivity index (χ0) is 23.5. The van der Waals surface area contributed by atoms with Gasteiger partial charge in [-0.1, -0.05) is 35.3 Å². The summed E-state index contributed by atoms with van der Waals surface area (Å²) in [5, 5.41) is -0.377. The van der Waals surface area contributed by atoms with Crippen molar-refractivity contribution < 1.29 is 17.9 Å². The predicted octanol–water partition coefficient (Wildman–Crippen LogP) is 9.64. The second-order valence-corrected chi connectivity index (χ2v) is 9.21. The molecule has 0 spiro atoms. The molecule has 7 heteroatoms. The zero-order valence-electron chi connectivity index (χ0n) is 17.7. The third-order valence-corrected chi connectivity index (χ3v) is 6.64. The highest BCUT2D eigenvalue weighted by Crippen LogP contribution is 2.41. The van der Waals surface area contributed by atoms with Crippen LogP contribution >= 0.6 is 45.8 Å². The van der Waals surface area contributed by atoms with Gasteiger partial charge in [0.2, 0.25) is 0 Å². The Kier molecular flexibility index (Phi) is 8.70. The Morgan fingerprint density at radius 3 is 1.90 bits per heavy atom. The highest BCUT2D eigenvalue weighted by molar-refractivity contribution is 14.1. The Morgan fingerprint density at radius 2 is 1.39 bits per heavy atom. The molecule has 0 radical (unpaired) electrons. The Labute approximate surface area is 204 Å². The van der Waals surface area contributed by atoms with Gasteiger partial charge in [0.25, 0.3) is 0 Å². The first-order valence-electron chi connectivity index (χ1n) is 9.35. The summed E-state index contributed by atoms with van der Waals surface area (Å²) in [7, 11) is 0. The highest BCUT2D eigenvalue weighted by Gasteiger charge is 2.32. The summed E-state index contributed by atoms with van der Waals surface area (Å²) in [6, 6.07) is 10.8. The molecule has 0 aliphatic carbocycles. The summed E-state index contributed by atoms with van der Waals surface area (Å²) in [6.45, 7) is 10.6. The van der Waals surface area contributed by atoms with Crippen molar-refractivity contribution in [2.24, 2.45) is 0 Å². The van der Waals surface area contributed by atoms with Crippen molar-refractivity contribution >= 4 is 45.8 Å². The summed E-state index contributed by atoms with van der Waals surface area (Å²) in [6.07, 6.45) is -4.50. The molecular weight excluding hydrogens is 559 g/mol. The second-order valence-electron chi connectivity index (χ2n) is 7.24. The van der Waals surface area contributed by atoms with E-state index in [0.717, 1.165) is 17.7 Å². The molecule has 31 heavy (non-hydrogen) atoms. The average Bonchev–Trinajstić information content (AvgIpc) is 2.67. The van der Waals surface area contributed by atoms with E-state index >= 15 is 0 Å². The Morgan fingerprint density at radius 1 is 0.806 bits per heavy atom. The van der Waals surface area contributed by atoms with Gasteiger partial charge in [0.15, 0.2) is 5.75 Å². The van der Waals surface area contributed by atoms with Crippen LogP contribution in [0, 0.1) is 38.2 Å². The lowest BCUT2D eigenvalue weighted by atomic mass is 10.0. The molecule has 0 fully saturated rings. The van der Waals surface area contributed by atoms with Gasteiger partial charge >= 0.3 is 6.18 Å². The number of halogens is 6. The van der Waals surface area contributed by atoms with Crippen LogP contribution in [0.25, 0.3) is 0 Å².